The second-order valence-electron chi connectivity index (χ2n) is 4.72. The van der Waals surface area contributed by atoms with Gasteiger partial charge in [0.25, 0.3) is 0 Å². The summed E-state index contributed by atoms with van der Waals surface area (Å²) in [4.78, 5) is 4.05. The number of benzene rings is 2. The monoisotopic (exact) mass is 286 g/mol. The molecule has 0 aliphatic heterocycles. The Bertz CT molecular complexity index is 795. The molecule has 3 rings (SSSR count). The van der Waals surface area contributed by atoms with Crippen LogP contribution in [0.5, 0.6) is 0 Å². The molecule has 0 saturated carbocycles. The molecule has 0 aliphatic carbocycles. The van der Waals surface area contributed by atoms with Gasteiger partial charge in [0.05, 0.1) is 0 Å². The van der Waals surface area contributed by atoms with Crippen LogP contribution in [0.25, 0.3) is 21.9 Å². The summed E-state index contributed by atoms with van der Waals surface area (Å²) < 4.78 is 14.2. The zero-order chi connectivity index (χ0) is 14.3. The van der Waals surface area contributed by atoms with Crippen molar-refractivity contribution in [3.05, 3.63) is 59.0 Å². The minimum absolute atomic E-state index is 0.274. The highest BCUT2D eigenvalue weighted by molar-refractivity contribution is 6.32. The van der Waals surface area contributed by atoms with E-state index in [0.29, 0.717) is 16.4 Å². The first-order valence-electron chi connectivity index (χ1n) is 6.16. The maximum Gasteiger partial charge on any atom is 0.131 e. The maximum atomic E-state index is 14.2. The minimum Gasteiger partial charge on any atom is -0.384 e. The van der Waals surface area contributed by atoms with Crippen molar-refractivity contribution in [1.82, 2.24) is 4.98 Å². The first-order valence-corrected chi connectivity index (χ1v) is 6.54. The summed E-state index contributed by atoms with van der Waals surface area (Å²) in [5.41, 5.74) is 7.88. The highest BCUT2D eigenvalue weighted by Gasteiger charge is 2.13. The predicted molar refractivity (Wildman–Crippen MR) is 81.3 cm³/mol. The normalized spacial score (nSPS) is 10.9. The molecule has 0 aliphatic rings. The Morgan fingerprint density at radius 2 is 2.00 bits per heavy atom. The Morgan fingerprint density at radius 1 is 1.20 bits per heavy atom. The van der Waals surface area contributed by atoms with Gasteiger partial charge in [0.2, 0.25) is 0 Å². The SMILES string of the molecule is Cc1cccc(F)c1-c1cc(Cl)cc2cnc(N)cc12. The van der Waals surface area contributed by atoms with Crippen LogP contribution in [0, 0.1) is 12.7 Å². The van der Waals surface area contributed by atoms with E-state index in [0.717, 1.165) is 21.9 Å². The molecule has 0 saturated heterocycles. The fourth-order valence-electron chi connectivity index (χ4n) is 2.42. The van der Waals surface area contributed by atoms with Crippen LogP contribution in [0.1, 0.15) is 5.56 Å². The molecule has 0 spiro atoms. The number of aryl methyl sites for hydroxylation is 1. The lowest BCUT2D eigenvalue weighted by molar-refractivity contribution is 0.630. The average molecular weight is 287 g/mol. The molecule has 0 radical (unpaired) electrons. The van der Waals surface area contributed by atoms with E-state index in [4.69, 9.17) is 17.3 Å². The van der Waals surface area contributed by atoms with Crippen LogP contribution < -0.4 is 5.73 Å². The predicted octanol–water partition coefficient (Wildman–Crippen LogP) is 4.58. The molecular weight excluding hydrogens is 275 g/mol. The summed E-state index contributed by atoms with van der Waals surface area (Å²) in [5, 5.41) is 2.22. The molecule has 20 heavy (non-hydrogen) atoms. The molecule has 2 aromatic carbocycles. The molecule has 0 fully saturated rings. The number of nitrogen functional groups attached to an aromatic ring is 1. The fraction of sp³-hybridized carbons (Fsp3) is 0.0625. The standard InChI is InChI=1S/C16H12ClFN2/c1-9-3-2-4-14(18)16(9)13-6-11(17)5-10-8-20-15(19)7-12(10)13/h2-8H,1H3,(H2,19,20). The second kappa shape index (κ2) is 4.76. The van der Waals surface area contributed by atoms with Crippen LogP contribution in [-0.2, 0) is 0 Å². The van der Waals surface area contributed by atoms with Crippen LogP contribution in [0.15, 0.2) is 42.6 Å². The molecule has 0 amide bonds. The van der Waals surface area contributed by atoms with Gasteiger partial charge in [0.1, 0.15) is 11.6 Å². The largest absolute Gasteiger partial charge is 0.384 e. The molecule has 1 aromatic heterocycles. The van der Waals surface area contributed by atoms with E-state index >= 15 is 0 Å². The van der Waals surface area contributed by atoms with Crippen molar-refractivity contribution in [2.45, 2.75) is 6.92 Å². The van der Waals surface area contributed by atoms with E-state index in [-0.39, 0.29) is 5.82 Å². The number of aromatic nitrogens is 1. The fourth-order valence-corrected chi connectivity index (χ4v) is 2.64. The summed E-state index contributed by atoms with van der Waals surface area (Å²) in [6, 6.07) is 10.3. The third kappa shape index (κ3) is 2.10. The van der Waals surface area contributed by atoms with E-state index in [1.165, 1.54) is 6.07 Å². The van der Waals surface area contributed by atoms with Gasteiger partial charge >= 0.3 is 0 Å². The van der Waals surface area contributed by atoms with Crippen molar-refractivity contribution in [3.8, 4) is 11.1 Å². The molecule has 1 heterocycles. The first kappa shape index (κ1) is 12.9. The van der Waals surface area contributed by atoms with Crippen molar-refractivity contribution in [1.29, 1.82) is 0 Å². The molecule has 0 atom stereocenters. The zero-order valence-corrected chi connectivity index (χ0v) is 11.6. The van der Waals surface area contributed by atoms with Crippen molar-refractivity contribution < 1.29 is 4.39 Å². The number of nitrogens with zero attached hydrogens (tertiary/aromatic N) is 1. The summed E-state index contributed by atoms with van der Waals surface area (Å²) >= 11 is 6.14. The lowest BCUT2D eigenvalue weighted by atomic mass is 9.95. The lowest BCUT2D eigenvalue weighted by Gasteiger charge is -2.12. The van der Waals surface area contributed by atoms with Crippen molar-refractivity contribution >= 4 is 28.2 Å². The third-order valence-electron chi connectivity index (χ3n) is 3.31. The Balaban J connectivity index is 2.44. The maximum absolute atomic E-state index is 14.2. The number of nitrogens with two attached hydrogens (primary N) is 1. The molecule has 2 nitrogen and oxygen atoms in total. The molecule has 100 valence electrons. The van der Waals surface area contributed by atoms with Gasteiger partial charge < -0.3 is 5.73 Å². The zero-order valence-electron chi connectivity index (χ0n) is 10.8. The van der Waals surface area contributed by atoms with Gasteiger partial charge in [0, 0.05) is 22.2 Å². The van der Waals surface area contributed by atoms with Gasteiger partial charge in [-0.05, 0) is 47.7 Å². The van der Waals surface area contributed by atoms with Crippen LogP contribution in [-0.4, -0.2) is 4.98 Å². The Kier molecular flexibility index (Phi) is 3.07. The summed E-state index contributed by atoms with van der Waals surface area (Å²) in [7, 11) is 0. The van der Waals surface area contributed by atoms with Crippen molar-refractivity contribution in [2.75, 3.05) is 5.73 Å². The molecule has 3 aromatic rings. The van der Waals surface area contributed by atoms with Crippen molar-refractivity contribution in [2.24, 2.45) is 0 Å². The Morgan fingerprint density at radius 3 is 2.75 bits per heavy atom. The lowest BCUT2D eigenvalue weighted by Crippen LogP contribution is -1.93. The highest BCUT2D eigenvalue weighted by Crippen LogP contribution is 2.35. The van der Waals surface area contributed by atoms with E-state index in [9.17, 15) is 4.39 Å². The number of rotatable bonds is 1. The van der Waals surface area contributed by atoms with E-state index in [1.807, 2.05) is 13.0 Å². The number of halogens is 2. The topological polar surface area (TPSA) is 38.9 Å². The van der Waals surface area contributed by atoms with Gasteiger partial charge in [0.15, 0.2) is 0 Å². The number of fused-ring (bicyclic) bond motifs is 1. The van der Waals surface area contributed by atoms with Gasteiger partial charge in [-0.15, -0.1) is 0 Å². The number of pyridine rings is 1. The minimum atomic E-state index is -0.274. The van der Waals surface area contributed by atoms with Gasteiger partial charge in [-0.2, -0.15) is 0 Å². The first-order chi connectivity index (χ1) is 9.56. The van der Waals surface area contributed by atoms with E-state index in [2.05, 4.69) is 4.98 Å². The molecular formula is C16H12ClFN2. The number of hydrogen-bond donors (Lipinski definition) is 1. The van der Waals surface area contributed by atoms with Gasteiger partial charge in [-0.1, -0.05) is 23.7 Å². The van der Waals surface area contributed by atoms with E-state index < -0.39 is 0 Å². The third-order valence-corrected chi connectivity index (χ3v) is 3.53. The molecule has 2 N–H and O–H groups in total. The molecule has 0 unspecified atom stereocenters. The summed E-state index contributed by atoms with van der Waals surface area (Å²) in [6.45, 7) is 1.87. The quantitative estimate of drug-likeness (QED) is 0.711. The van der Waals surface area contributed by atoms with Crippen LogP contribution >= 0.6 is 11.6 Å². The Hall–Kier alpha value is -2.13. The molecule has 4 heteroatoms. The van der Waals surface area contributed by atoms with Crippen LogP contribution in [0.3, 0.4) is 0 Å². The van der Waals surface area contributed by atoms with Crippen LogP contribution in [0.4, 0.5) is 10.2 Å². The van der Waals surface area contributed by atoms with Crippen LogP contribution in [0.2, 0.25) is 5.02 Å². The molecule has 0 bridgehead atoms. The van der Waals surface area contributed by atoms with E-state index in [1.54, 1.807) is 30.5 Å². The second-order valence-corrected chi connectivity index (χ2v) is 5.15. The van der Waals surface area contributed by atoms with Gasteiger partial charge in [-0.25, -0.2) is 9.37 Å². The number of hydrogen-bond acceptors (Lipinski definition) is 2. The Labute approximate surface area is 121 Å². The summed E-state index contributed by atoms with van der Waals surface area (Å²) in [5.74, 6) is 0.124. The van der Waals surface area contributed by atoms with Gasteiger partial charge in [-0.3, -0.25) is 0 Å². The average Bonchev–Trinajstić information content (AvgIpc) is 2.39. The number of anilines is 1. The van der Waals surface area contributed by atoms with Crippen molar-refractivity contribution in [3.63, 3.8) is 0 Å². The summed E-state index contributed by atoms with van der Waals surface area (Å²) in [6.07, 6.45) is 1.65. The highest BCUT2D eigenvalue weighted by atomic mass is 35.5. The smallest absolute Gasteiger partial charge is 0.131 e.